The van der Waals surface area contributed by atoms with Crippen LogP contribution in [0.4, 0.5) is 14.5 Å². The van der Waals surface area contributed by atoms with Gasteiger partial charge in [0.05, 0.1) is 10.6 Å². The average Bonchev–Trinajstić information content (AvgIpc) is 2.66. The SMILES string of the molecule is Fc1cc(F)cc(-c2cccc3c2NC(NCc2ccccc2)=NS3)c1. The predicted molar refractivity (Wildman–Crippen MR) is 102 cm³/mol. The van der Waals surface area contributed by atoms with Crippen LogP contribution in [-0.4, -0.2) is 5.96 Å². The van der Waals surface area contributed by atoms with Crippen molar-refractivity contribution in [3.8, 4) is 11.1 Å². The Morgan fingerprint density at radius 2 is 1.69 bits per heavy atom. The molecule has 130 valence electrons. The summed E-state index contributed by atoms with van der Waals surface area (Å²) in [6.45, 7) is 0.624. The lowest BCUT2D eigenvalue weighted by molar-refractivity contribution is 0.584. The number of halogens is 2. The Kier molecular flexibility index (Phi) is 4.58. The van der Waals surface area contributed by atoms with Gasteiger partial charge in [-0.1, -0.05) is 42.5 Å². The minimum Gasteiger partial charge on any atom is -0.351 e. The van der Waals surface area contributed by atoms with Gasteiger partial charge in [-0.3, -0.25) is 0 Å². The van der Waals surface area contributed by atoms with E-state index >= 15 is 0 Å². The lowest BCUT2D eigenvalue weighted by Crippen LogP contribution is -2.31. The molecule has 0 saturated carbocycles. The van der Waals surface area contributed by atoms with E-state index in [0.29, 0.717) is 18.1 Å². The highest BCUT2D eigenvalue weighted by Gasteiger charge is 2.18. The van der Waals surface area contributed by atoms with Gasteiger partial charge in [0.2, 0.25) is 5.96 Å². The van der Waals surface area contributed by atoms with Crippen LogP contribution in [0, 0.1) is 11.6 Å². The zero-order valence-corrected chi connectivity index (χ0v) is 14.5. The van der Waals surface area contributed by atoms with E-state index in [0.717, 1.165) is 27.8 Å². The first-order valence-electron chi connectivity index (χ1n) is 8.08. The van der Waals surface area contributed by atoms with E-state index in [9.17, 15) is 8.78 Å². The van der Waals surface area contributed by atoms with Crippen molar-refractivity contribution in [3.05, 3.63) is 83.9 Å². The van der Waals surface area contributed by atoms with Gasteiger partial charge in [-0.25, -0.2) is 8.78 Å². The molecular formula is C20H15F2N3S. The molecular weight excluding hydrogens is 352 g/mol. The molecule has 0 bridgehead atoms. The zero-order valence-electron chi connectivity index (χ0n) is 13.7. The molecule has 1 aliphatic heterocycles. The topological polar surface area (TPSA) is 36.4 Å². The van der Waals surface area contributed by atoms with Crippen LogP contribution in [-0.2, 0) is 6.54 Å². The zero-order chi connectivity index (χ0) is 17.9. The van der Waals surface area contributed by atoms with Gasteiger partial charge in [0.15, 0.2) is 0 Å². The van der Waals surface area contributed by atoms with E-state index in [4.69, 9.17) is 0 Å². The molecule has 0 amide bonds. The fourth-order valence-electron chi connectivity index (χ4n) is 2.78. The van der Waals surface area contributed by atoms with Gasteiger partial charge in [0, 0.05) is 30.1 Å². The van der Waals surface area contributed by atoms with Gasteiger partial charge >= 0.3 is 0 Å². The van der Waals surface area contributed by atoms with Crippen LogP contribution in [0.5, 0.6) is 0 Å². The molecule has 26 heavy (non-hydrogen) atoms. The second kappa shape index (κ2) is 7.17. The van der Waals surface area contributed by atoms with Crippen molar-refractivity contribution >= 4 is 23.6 Å². The lowest BCUT2D eigenvalue weighted by Gasteiger charge is -2.21. The van der Waals surface area contributed by atoms with Crippen molar-refractivity contribution in [3.63, 3.8) is 0 Å². The van der Waals surface area contributed by atoms with Crippen LogP contribution >= 0.6 is 11.9 Å². The van der Waals surface area contributed by atoms with Gasteiger partial charge < -0.3 is 10.6 Å². The molecule has 0 fully saturated rings. The first kappa shape index (κ1) is 16.6. The largest absolute Gasteiger partial charge is 0.351 e. The van der Waals surface area contributed by atoms with E-state index < -0.39 is 11.6 Å². The first-order valence-corrected chi connectivity index (χ1v) is 8.86. The maximum atomic E-state index is 13.6. The third-order valence-electron chi connectivity index (χ3n) is 3.98. The fourth-order valence-corrected chi connectivity index (χ4v) is 3.47. The van der Waals surface area contributed by atoms with Crippen molar-refractivity contribution in [2.45, 2.75) is 11.4 Å². The molecule has 0 unspecified atom stereocenters. The highest BCUT2D eigenvalue weighted by atomic mass is 32.2. The first-order chi connectivity index (χ1) is 12.7. The van der Waals surface area contributed by atoms with Crippen LogP contribution in [0.2, 0.25) is 0 Å². The maximum Gasteiger partial charge on any atom is 0.208 e. The van der Waals surface area contributed by atoms with E-state index in [1.54, 1.807) is 0 Å². The molecule has 3 nitrogen and oxygen atoms in total. The maximum absolute atomic E-state index is 13.6. The highest BCUT2D eigenvalue weighted by Crippen LogP contribution is 2.39. The summed E-state index contributed by atoms with van der Waals surface area (Å²) >= 11 is 1.32. The van der Waals surface area contributed by atoms with E-state index in [-0.39, 0.29) is 0 Å². The summed E-state index contributed by atoms with van der Waals surface area (Å²) in [5.74, 6) is -0.593. The van der Waals surface area contributed by atoms with Crippen LogP contribution in [0.3, 0.4) is 0 Å². The minimum atomic E-state index is -0.600. The number of hydrogen-bond donors (Lipinski definition) is 2. The molecule has 2 N–H and O–H groups in total. The molecule has 0 atom stereocenters. The van der Waals surface area contributed by atoms with Crippen molar-refractivity contribution < 1.29 is 8.78 Å². The monoisotopic (exact) mass is 367 g/mol. The van der Waals surface area contributed by atoms with Gasteiger partial charge in [-0.2, -0.15) is 4.40 Å². The summed E-state index contributed by atoms with van der Waals surface area (Å²) in [4.78, 5) is 0.900. The van der Waals surface area contributed by atoms with E-state index in [1.807, 2.05) is 48.5 Å². The average molecular weight is 367 g/mol. The molecule has 0 aliphatic carbocycles. The Morgan fingerprint density at radius 1 is 0.923 bits per heavy atom. The lowest BCUT2D eigenvalue weighted by atomic mass is 10.0. The second-order valence-electron chi connectivity index (χ2n) is 5.83. The molecule has 1 aliphatic rings. The smallest absolute Gasteiger partial charge is 0.208 e. The number of benzene rings is 3. The summed E-state index contributed by atoms with van der Waals surface area (Å²) in [5, 5.41) is 6.50. The van der Waals surface area contributed by atoms with Crippen LogP contribution in [0.25, 0.3) is 11.1 Å². The van der Waals surface area contributed by atoms with Gasteiger partial charge in [0.1, 0.15) is 11.6 Å². The number of nitrogens with zero attached hydrogens (tertiary/aromatic N) is 1. The van der Waals surface area contributed by atoms with Gasteiger partial charge in [-0.15, -0.1) is 0 Å². The van der Waals surface area contributed by atoms with E-state index in [1.165, 1.54) is 24.1 Å². The van der Waals surface area contributed by atoms with Crippen molar-refractivity contribution in [2.75, 3.05) is 5.32 Å². The van der Waals surface area contributed by atoms with Crippen molar-refractivity contribution in [1.82, 2.24) is 5.32 Å². The Bertz CT molecular complexity index is 954. The minimum absolute atomic E-state index is 0.483. The Morgan fingerprint density at radius 3 is 2.46 bits per heavy atom. The van der Waals surface area contributed by atoms with Gasteiger partial charge in [0.25, 0.3) is 0 Å². The molecule has 6 heteroatoms. The Labute approximate surface area is 154 Å². The highest BCUT2D eigenvalue weighted by molar-refractivity contribution is 7.98. The quantitative estimate of drug-likeness (QED) is 0.624. The van der Waals surface area contributed by atoms with Crippen molar-refractivity contribution in [1.29, 1.82) is 0 Å². The molecule has 0 aromatic heterocycles. The third kappa shape index (κ3) is 3.55. The molecule has 3 aromatic rings. The summed E-state index contributed by atoms with van der Waals surface area (Å²) in [6, 6.07) is 19.1. The normalized spacial score (nSPS) is 12.8. The fraction of sp³-hybridized carbons (Fsp3) is 0.0500. The summed E-state index contributed by atoms with van der Waals surface area (Å²) in [7, 11) is 0. The van der Waals surface area contributed by atoms with Crippen LogP contribution < -0.4 is 10.6 Å². The molecule has 1 heterocycles. The third-order valence-corrected chi connectivity index (χ3v) is 4.79. The predicted octanol–water partition coefficient (Wildman–Crippen LogP) is 5.21. The van der Waals surface area contributed by atoms with Gasteiger partial charge in [-0.05, 0) is 29.3 Å². The Balaban J connectivity index is 1.59. The number of anilines is 1. The number of fused-ring (bicyclic) bond motifs is 1. The van der Waals surface area contributed by atoms with Crippen LogP contribution in [0.1, 0.15) is 5.56 Å². The Hall–Kier alpha value is -2.86. The number of rotatable bonds is 3. The molecule has 0 saturated heterocycles. The molecule has 0 spiro atoms. The second-order valence-corrected chi connectivity index (χ2v) is 6.64. The number of guanidine groups is 1. The summed E-state index contributed by atoms with van der Waals surface area (Å²) in [6.07, 6.45) is 0. The molecule has 0 radical (unpaired) electrons. The number of hydrogen-bond acceptors (Lipinski definition) is 4. The molecule has 4 rings (SSSR count). The van der Waals surface area contributed by atoms with E-state index in [2.05, 4.69) is 15.0 Å². The standard InChI is InChI=1S/C20H15F2N3S/c21-15-9-14(10-16(22)11-15)17-7-4-8-18-19(17)24-20(25-26-18)23-12-13-5-2-1-3-6-13/h1-11H,12H2,(H2,23,24,25). The van der Waals surface area contributed by atoms with Crippen LogP contribution in [0.15, 0.2) is 76.0 Å². The number of nitrogens with one attached hydrogen (secondary N) is 2. The number of para-hydroxylation sites is 1. The van der Waals surface area contributed by atoms with Crippen molar-refractivity contribution in [2.24, 2.45) is 4.40 Å². The summed E-state index contributed by atoms with van der Waals surface area (Å²) in [5.41, 5.74) is 3.13. The summed E-state index contributed by atoms with van der Waals surface area (Å²) < 4.78 is 31.7. The molecule has 3 aromatic carbocycles.